The summed E-state index contributed by atoms with van der Waals surface area (Å²) >= 11 is 0. The number of nitrogens with one attached hydrogen (secondary N) is 1. The van der Waals surface area contributed by atoms with Crippen LogP contribution >= 0.6 is 0 Å². The average molecular weight is 270 g/mol. The van der Waals surface area contributed by atoms with Crippen LogP contribution in [0, 0.1) is 0 Å². The van der Waals surface area contributed by atoms with Crippen LogP contribution in [0.25, 0.3) is 0 Å². The monoisotopic (exact) mass is 270 g/mol. The number of rotatable bonds is 3. The maximum absolute atomic E-state index is 11.9. The summed E-state index contributed by atoms with van der Waals surface area (Å²) in [6.07, 6.45) is 1.52. The van der Waals surface area contributed by atoms with Crippen LogP contribution in [-0.2, 0) is 21.4 Å². The predicted molar refractivity (Wildman–Crippen MR) is 65.6 cm³/mol. The average Bonchev–Trinajstić information content (AvgIpc) is 2.35. The van der Waals surface area contributed by atoms with Crippen molar-refractivity contribution >= 4 is 21.7 Å². The van der Waals surface area contributed by atoms with Gasteiger partial charge in [0.1, 0.15) is 5.82 Å². The number of anilines is 1. The van der Waals surface area contributed by atoms with Crippen LogP contribution in [0.1, 0.15) is 19.4 Å². The standard InChI is InChI=1S/C10H14N4O3S/c1-10(2)9(15)14(18(10,16)17)6-7-4-3-5-12-8(7)13-11/h3-5H,6,11H2,1-2H3,(H,12,13). The Morgan fingerprint density at radius 1 is 1.50 bits per heavy atom. The molecular formula is C10H14N4O3S. The minimum atomic E-state index is -3.59. The first kappa shape index (κ1) is 12.8. The molecule has 0 bridgehead atoms. The quantitative estimate of drug-likeness (QED) is 0.583. The minimum absolute atomic E-state index is 0.0576. The minimum Gasteiger partial charge on any atom is -0.308 e. The number of hydrazine groups is 1. The van der Waals surface area contributed by atoms with Gasteiger partial charge in [0.15, 0.2) is 4.75 Å². The lowest BCUT2D eigenvalue weighted by Crippen LogP contribution is -2.66. The molecule has 1 aliphatic heterocycles. The molecule has 1 aromatic rings. The number of nitrogens with two attached hydrogens (primary N) is 1. The molecule has 0 unspecified atom stereocenters. The summed E-state index contributed by atoms with van der Waals surface area (Å²) in [5.74, 6) is 5.21. The van der Waals surface area contributed by atoms with Gasteiger partial charge in [0.25, 0.3) is 15.9 Å². The van der Waals surface area contributed by atoms with Gasteiger partial charge in [-0.3, -0.25) is 4.79 Å². The van der Waals surface area contributed by atoms with Crippen molar-refractivity contribution in [3.05, 3.63) is 23.9 Å². The van der Waals surface area contributed by atoms with E-state index < -0.39 is 20.7 Å². The Kier molecular flexibility index (Phi) is 2.78. The molecular weight excluding hydrogens is 256 g/mol. The number of sulfonamides is 1. The summed E-state index contributed by atoms with van der Waals surface area (Å²) in [6.45, 7) is 2.73. The fraction of sp³-hybridized carbons (Fsp3) is 0.400. The second kappa shape index (κ2) is 3.92. The predicted octanol–water partition coefficient (Wildman–Crippen LogP) is -0.182. The van der Waals surface area contributed by atoms with Crippen molar-refractivity contribution in [2.45, 2.75) is 25.1 Å². The normalized spacial score (nSPS) is 20.4. The zero-order valence-electron chi connectivity index (χ0n) is 10.0. The van der Waals surface area contributed by atoms with Gasteiger partial charge in [-0.25, -0.2) is 23.5 Å². The van der Waals surface area contributed by atoms with Crippen molar-refractivity contribution in [1.29, 1.82) is 0 Å². The molecule has 98 valence electrons. The summed E-state index contributed by atoms with van der Waals surface area (Å²) in [5.41, 5.74) is 2.92. The van der Waals surface area contributed by atoms with Crippen LogP contribution in [0.2, 0.25) is 0 Å². The Morgan fingerprint density at radius 3 is 2.72 bits per heavy atom. The van der Waals surface area contributed by atoms with Gasteiger partial charge < -0.3 is 5.43 Å². The molecule has 0 aromatic carbocycles. The zero-order valence-corrected chi connectivity index (χ0v) is 10.9. The molecule has 2 heterocycles. The topological polar surface area (TPSA) is 105 Å². The van der Waals surface area contributed by atoms with E-state index in [1.54, 1.807) is 12.1 Å². The van der Waals surface area contributed by atoms with Crippen molar-refractivity contribution in [3.63, 3.8) is 0 Å². The number of nitrogens with zero attached hydrogens (tertiary/aromatic N) is 2. The molecule has 1 fully saturated rings. The number of carbonyl (C=O) groups excluding carboxylic acids is 1. The van der Waals surface area contributed by atoms with E-state index in [-0.39, 0.29) is 6.54 Å². The number of hydrogen-bond acceptors (Lipinski definition) is 6. The van der Waals surface area contributed by atoms with Crippen LogP contribution < -0.4 is 11.3 Å². The van der Waals surface area contributed by atoms with E-state index >= 15 is 0 Å². The lowest BCUT2D eigenvalue weighted by Gasteiger charge is -2.43. The number of carbonyl (C=O) groups is 1. The third-order valence-electron chi connectivity index (χ3n) is 3.02. The lowest BCUT2D eigenvalue weighted by atomic mass is 10.1. The number of pyridine rings is 1. The summed E-state index contributed by atoms with van der Waals surface area (Å²) in [6, 6.07) is 3.31. The molecule has 3 N–H and O–H groups in total. The summed E-state index contributed by atoms with van der Waals surface area (Å²) in [7, 11) is -3.59. The van der Waals surface area contributed by atoms with Crippen molar-refractivity contribution < 1.29 is 13.2 Å². The molecule has 8 heteroatoms. The number of hydrogen-bond donors (Lipinski definition) is 2. The van der Waals surface area contributed by atoms with E-state index in [0.29, 0.717) is 11.4 Å². The largest absolute Gasteiger partial charge is 0.308 e. The first-order valence-corrected chi connectivity index (χ1v) is 6.73. The molecule has 2 rings (SSSR count). The second-order valence-electron chi connectivity index (χ2n) is 4.48. The highest BCUT2D eigenvalue weighted by Crippen LogP contribution is 2.36. The van der Waals surface area contributed by atoms with Gasteiger partial charge in [-0.05, 0) is 19.9 Å². The number of nitrogen functional groups attached to an aromatic ring is 1. The van der Waals surface area contributed by atoms with Crippen molar-refractivity contribution in [2.24, 2.45) is 5.84 Å². The lowest BCUT2D eigenvalue weighted by molar-refractivity contribution is -0.132. The van der Waals surface area contributed by atoms with Gasteiger partial charge in [0.05, 0.1) is 6.54 Å². The molecule has 1 amide bonds. The van der Waals surface area contributed by atoms with Crippen LogP contribution in [0.5, 0.6) is 0 Å². The zero-order chi connectivity index (χ0) is 13.6. The molecule has 0 aliphatic carbocycles. The van der Waals surface area contributed by atoms with E-state index in [1.807, 2.05) is 0 Å². The van der Waals surface area contributed by atoms with Crippen LogP contribution in [0.3, 0.4) is 0 Å². The molecule has 0 atom stereocenters. The first-order valence-electron chi connectivity index (χ1n) is 5.29. The Bertz CT molecular complexity index is 597. The molecule has 0 spiro atoms. The first-order chi connectivity index (χ1) is 8.32. The van der Waals surface area contributed by atoms with Crippen LogP contribution in [0.15, 0.2) is 18.3 Å². The summed E-state index contributed by atoms with van der Waals surface area (Å²) < 4.78 is 23.3. The maximum Gasteiger partial charge on any atom is 0.259 e. The number of amides is 1. The summed E-state index contributed by atoms with van der Waals surface area (Å²) in [5, 5.41) is 0. The van der Waals surface area contributed by atoms with Crippen molar-refractivity contribution in [1.82, 2.24) is 9.29 Å². The van der Waals surface area contributed by atoms with Gasteiger partial charge in [-0.2, -0.15) is 0 Å². The Morgan fingerprint density at radius 2 is 2.17 bits per heavy atom. The molecule has 1 aliphatic rings. The molecule has 1 saturated heterocycles. The van der Waals surface area contributed by atoms with Gasteiger partial charge in [0, 0.05) is 11.8 Å². The van der Waals surface area contributed by atoms with Gasteiger partial charge in [-0.15, -0.1) is 0 Å². The molecule has 7 nitrogen and oxygen atoms in total. The fourth-order valence-corrected chi connectivity index (χ4v) is 3.27. The van der Waals surface area contributed by atoms with E-state index in [0.717, 1.165) is 4.31 Å². The van der Waals surface area contributed by atoms with Gasteiger partial charge >= 0.3 is 0 Å². The Labute approximate surface area is 105 Å². The van der Waals surface area contributed by atoms with Crippen LogP contribution in [-0.4, -0.2) is 28.4 Å². The highest BCUT2D eigenvalue weighted by atomic mass is 32.2. The third-order valence-corrected chi connectivity index (χ3v) is 5.36. The van der Waals surface area contributed by atoms with E-state index in [1.165, 1.54) is 20.0 Å². The van der Waals surface area contributed by atoms with Gasteiger partial charge in [-0.1, -0.05) is 6.07 Å². The second-order valence-corrected chi connectivity index (χ2v) is 6.89. The summed E-state index contributed by atoms with van der Waals surface area (Å²) in [4.78, 5) is 15.7. The third kappa shape index (κ3) is 1.57. The smallest absolute Gasteiger partial charge is 0.259 e. The molecule has 0 radical (unpaired) electrons. The van der Waals surface area contributed by atoms with E-state index in [9.17, 15) is 13.2 Å². The molecule has 18 heavy (non-hydrogen) atoms. The van der Waals surface area contributed by atoms with Crippen molar-refractivity contribution in [3.8, 4) is 0 Å². The molecule has 1 aromatic heterocycles. The van der Waals surface area contributed by atoms with E-state index in [2.05, 4.69) is 10.4 Å². The highest BCUT2D eigenvalue weighted by molar-refractivity contribution is 7.94. The highest BCUT2D eigenvalue weighted by Gasteiger charge is 2.59. The van der Waals surface area contributed by atoms with Crippen molar-refractivity contribution in [2.75, 3.05) is 5.43 Å². The Balaban J connectivity index is 2.30. The fourth-order valence-electron chi connectivity index (χ4n) is 1.76. The Hall–Kier alpha value is -1.67. The maximum atomic E-state index is 11.9. The SMILES string of the molecule is CC1(C)C(=O)N(Cc2cccnc2NN)S1(=O)=O. The van der Waals surface area contributed by atoms with Crippen LogP contribution in [0.4, 0.5) is 5.82 Å². The van der Waals surface area contributed by atoms with Gasteiger partial charge in [0.2, 0.25) is 0 Å². The number of aromatic nitrogens is 1. The molecule has 0 saturated carbocycles. The van der Waals surface area contributed by atoms with E-state index in [4.69, 9.17) is 5.84 Å².